The monoisotopic (exact) mass is 124 g/mol. The molecule has 0 aromatic rings. The Hall–Kier alpha value is -0.920. The van der Waals surface area contributed by atoms with Crippen molar-refractivity contribution < 1.29 is 0 Å². The van der Waals surface area contributed by atoms with E-state index in [1.807, 2.05) is 0 Å². The van der Waals surface area contributed by atoms with Crippen LogP contribution in [0.2, 0.25) is 0 Å². The van der Waals surface area contributed by atoms with Gasteiger partial charge in [-0.3, -0.25) is 0 Å². The van der Waals surface area contributed by atoms with Crippen LogP contribution in [0, 0.1) is 0 Å². The van der Waals surface area contributed by atoms with Gasteiger partial charge < -0.3 is 0 Å². The first-order chi connectivity index (χ1) is 4.31. The lowest BCUT2D eigenvalue weighted by Crippen LogP contribution is -1.73. The summed E-state index contributed by atoms with van der Waals surface area (Å²) in [5, 5.41) is 0. The zero-order valence-electron chi connectivity index (χ0n) is 5.80. The highest BCUT2D eigenvalue weighted by Crippen LogP contribution is 1.91. The molecule has 0 saturated heterocycles. The van der Waals surface area contributed by atoms with Crippen molar-refractivity contribution in [2.45, 2.75) is 19.8 Å². The summed E-state index contributed by atoms with van der Waals surface area (Å²) in [6, 6.07) is 0. The Morgan fingerprint density at radius 3 is 2.78 bits per heavy atom. The summed E-state index contributed by atoms with van der Waals surface area (Å²) in [4.78, 5) is 7.40. The average molecular weight is 124 g/mol. The minimum atomic E-state index is 0.489. The maximum absolute atomic E-state index is 3.88. The topological polar surface area (TPSA) is 24.7 Å². The van der Waals surface area contributed by atoms with E-state index in [0.29, 0.717) is 5.82 Å². The Labute approximate surface area is 56.0 Å². The van der Waals surface area contributed by atoms with Crippen LogP contribution in [0.15, 0.2) is 22.4 Å². The van der Waals surface area contributed by atoms with Gasteiger partial charge in [0.15, 0.2) is 0 Å². The molecule has 0 fully saturated rings. The molecule has 0 N–H and O–H groups in total. The number of hydrogen-bond donors (Lipinski definition) is 0. The fraction of sp³-hybridized carbons (Fsp3) is 0.429. The van der Waals surface area contributed by atoms with Crippen molar-refractivity contribution in [2.75, 3.05) is 0 Å². The lowest BCUT2D eigenvalue weighted by Gasteiger charge is -1.85. The average Bonchev–Trinajstić information content (AvgIpc) is 1.89. The lowest BCUT2D eigenvalue weighted by molar-refractivity contribution is 1.00. The second kappa shape index (κ2) is 5.22. The van der Waals surface area contributed by atoms with Gasteiger partial charge in [0.1, 0.15) is 5.82 Å². The molecule has 0 heterocycles. The highest BCUT2D eigenvalue weighted by atomic mass is 14.9. The van der Waals surface area contributed by atoms with Crippen LogP contribution in [0.4, 0.5) is 0 Å². The van der Waals surface area contributed by atoms with Crippen molar-refractivity contribution in [1.29, 1.82) is 0 Å². The van der Waals surface area contributed by atoms with Gasteiger partial charge in [-0.2, -0.15) is 0 Å². The molecule has 0 unspecified atom stereocenters. The fourth-order valence-corrected chi connectivity index (χ4v) is 0.340. The zero-order valence-corrected chi connectivity index (χ0v) is 5.80. The van der Waals surface area contributed by atoms with Gasteiger partial charge in [-0.15, -0.1) is 0 Å². The van der Waals surface area contributed by atoms with Gasteiger partial charge in [-0.05, 0) is 13.1 Å². The minimum absolute atomic E-state index is 0.489. The molecule has 0 saturated carbocycles. The van der Waals surface area contributed by atoms with E-state index in [4.69, 9.17) is 0 Å². The van der Waals surface area contributed by atoms with Crippen LogP contribution in [-0.4, -0.2) is 12.9 Å². The molecule has 0 aromatic carbocycles. The van der Waals surface area contributed by atoms with Crippen LogP contribution >= 0.6 is 0 Å². The summed E-state index contributed by atoms with van der Waals surface area (Å²) >= 11 is 0. The number of nitrogens with zero attached hydrogens (tertiary/aromatic N) is 2. The van der Waals surface area contributed by atoms with E-state index < -0.39 is 0 Å². The van der Waals surface area contributed by atoms with Crippen molar-refractivity contribution in [3.63, 3.8) is 0 Å². The largest absolute Gasteiger partial charge is 0.246 e. The van der Waals surface area contributed by atoms with Crippen LogP contribution in [0.5, 0.6) is 0 Å². The van der Waals surface area contributed by atoms with Crippen molar-refractivity contribution in [3.8, 4) is 0 Å². The predicted molar refractivity (Wildman–Crippen MR) is 42.1 cm³/mol. The molecule has 0 aliphatic heterocycles. The number of hydrogen-bond acceptors (Lipinski definition) is 2. The lowest BCUT2D eigenvalue weighted by atomic mass is 10.4. The first-order valence-corrected chi connectivity index (χ1v) is 2.99. The van der Waals surface area contributed by atoms with E-state index in [1.54, 1.807) is 6.21 Å². The van der Waals surface area contributed by atoms with Crippen LogP contribution in [0.25, 0.3) is 0 Å². The highest BCUT2D eigenvalue weighted by molar-refractivity contribution is 5.58. The van der Waals surface area contributed by atoms with Gasteiger partial charge >= 0.3 is 0 Å². The molecule has 0 atom stereocenters. The second-order valence-electron chi connectivity index (χ2n) is 1.67. The van der Waals surface area contributed by atoms with Gasteiger partial charge in [-0.1, -0.05) is 19.9 Å². The Morgan fingerprint density at radius 1 is 1.67 bits per heavy atom. The van der Waals surface area contributed by atoms with Gasteiger partial charge in [0.25, 0.3) is 0 Å². The van der Waals surface area contributed by atoms with Gasteiger partial charge in [0.05, 0.1) is 0 Å². The molecule has 0 aliphatic rings. The Morgan fingerprint density at radius 2 is 2.33 bits per heavy atom. The minimum Gasteiger partial charge on any atom is -0.246 e. The van der Waals surface area contributed by atoms with E-state index in [-0.39, 0.29) is 0 Å². The first-order valence-electron chi connectivity index (χ1n) is 2.99. The van der Waals surface area contributed by atoms with Crippen molar-refractivity contribution >= 4 is 12.9 Å². The summed E-state index contributed by atoms with van der Waals surface area (Å²) in [7, 11) is 0. The van der Waals surface area contributed by atoms with Crippen molar-refractivity contribution in [3.05, 3.63) is 12.4 Å². The highest BCUT2D eigenvalue weighted by Gasteiger charge is 1.76. The van der Waals surface area contributed by atoms with E-state index in [2.05, 4.69) is 30.2 Å². The van der Waals surface area contributed by atoms with Gasteiger partial charge in [0.2, 0.25) is 0 Å². The first kappa shape index (κ1) is 8.08. The quantitative estimate of drug-likeness (QED) is 0.512. The maximum Gasteiger partial charge on any atom is 0.143 e. The standard InChI is InChI=1S/C7H12N2/c1-4-5-6-9-7(2)8-3/h6H,2-5H2,1H3. The Bertz CT molecular complexity index is 125. The molecular formula is C7H12N2. The summed E-state index contributed by atoms with van der Waals surface area (Å²) < 4.78 is 0. The summed E-state index contributed by atoms with van der Waals surface area (Å²) in [6.45, 7) is 8.89. The summed E-state index contributed by atoms with van der Waals surface area (Å²) in [6.07, 6.45) is 3.89. The molecule has 2 nitrogen and oxygen atoms in total. The van der Waals surface area contributed by atoms with Gasteiger partial charge in [-0.25, -0.2) is 9.98 Å². The molecule has 0 aliphatic carbocycles. The van der Waals surface area contributed by atoms with E-state index in [9.17, 15) is 0 Å². The SMILES string of the molecule is C=NC(=C)N=CCCC. The third-order valence-electron chi connectivity index (χ3n) is 0.841. The molecule has 0 amide bonds. The summed E-state index contributed by atoms with van der Waals surface area (Å²) in [5.41, 5.74) is 0. The van der Waals surface area contributed by atoms with Crippen LogP contribution < -0.4 is 0 Å². The molecule has 2 heteroatoms. The zero-order chi connectivity index (χ0) is 7.11. The van der Waals surface area contributed by atoms with E-state index in [1.165, 1.54) is 0 Å². The number of rotatable bonds is 4. The molecule has 0 spiro atoms. The van der Waals surface area contributed by atoms with E-state index in [0.717, 1.165) is 12.8 Å². The molecule has 9 heavy (non-hydrogen) atoms. The Kier molecular flexibility index (Phi) is 4.69. The third-order valence-corrected chi connectivity index (χ3v) is 0.841. The molecule has 50 valence electrons. The predicted octanol–water partition coefficient (Wildman–Crippen LogP) is 2.03. The van der Waals surface area contributed by atoms with Crippen LogP contribution in [0.3, 0.4) is 0 Å². The fourth-order valence-electron chi connectivity index (χ4n) is 0.340. The molecule has 0 bridgehead atoms. The summed E-state index contributed by atoms with van der Waals surface area (Å²) in [5.74, 6) is 0.489. The smallest absolute Gasteiger partial charge is 0.143 e. The molecule has 0 aromatic heterocycles. The molecular weight excluding hydrogens is 112 g/mol. The van der Waals surface area contributed by atoms with Crippen LogP contribution in [-0.2, 0) is 0 Å². The molecule has 0 rings (SSSR count). The van der Waals surface area contributed by atoms with Gasteiger partial charge in [0, 0.05) is 6.21 Å². The Balaban J connectivity index is 3.44. The van der Waals surface area contributed by atoms with E-state index >= 15 is 0 Å². The normalized spacial score (nSPS) is 9.89. The van der Waals surface area contributed by atoms with Crippen LogP contribution in [0.1, 0.15) is 19.8 Å². The van der Waals surface area contributed by atoms with Crippen molar-refractivity contribution in [1.82, 2.24) is 0 Å². The van der Waals surface area contributed by atoms with Crippen molar-refractivity contribution in [2.24, 2.45) is 9.98 Å². The number of unbranched alkanes of at least 4 members (excludes halogenated alkanes) is 1. The third kappa shape index (κ3) is 4.94. The molecule has 0 radical (unpaired) electrons. The maximum atomic E-state index is 3.88. The second-order valence-corrected chi connectivity index (χ2v) is 1.67. The number of aliphatic imine (C=N–C) groups is 2.